The fraction of sp³-hybridized carbons (Fsp3) is 0.562. The van der Waals surface area contributed by atoms with Gasteiger partial charge in [-0.25, -0.2) is 4.79 Å². The first-order valence-corrected chi connectivity index (χ1v) is 7.65. The predicted molar refractivity (Wildman–Crippen MR) is 79.1 cm³/mol. The van der Waals surface area contributed by atoms with Gasteiger partial charge in [-0.05, 0) is 42.9 Å². The van der Waals surface area contributed by atoms with E-state index >= 15 is 0 Å². The second-order valence-electron chi connectivity index (χ2n) is 6.19. The van der Waals surface area contributed by atoms with E-state index in [1.807, 2.05) is 6.07 Å². The van der Waals surface area contributed by atoms with Gasteiger partial charge < -0.3 is 20.8 Å². The SMILES string of the molecule is O=C(NCC1(O)CCCC1)NC1CCc2c(O)cccc21. The number of rotatable bonds is 3. The molecule has 5 nitrogen and oxygen atoms in total. The lowest BCUT2D eigenvalue weighted by molar-refractivity contribution is 0.0500. The van der Waals surface area contributed by atoms with Gasteiger partial charge in [0.05, 0.1) is 11.6 Å². The maximum Gasteiger partial charge on any atom is 0.315 e. The zero-order valence-electron chi connectivity index (χ0n) is 12.1. The molecule has 21 heavy (non-hydrogen) atoms. The number of urea groups is 1. The van der Waals surface area contributed by atoms with E-state index in [2.05, 4.69) is 10.6 Å². The molecular formula is C16H22N2O3. The Morgan fingerprint density at radius 1 is 1.33 bits per heavy atom. The molecule has 0 bridgehead atoms. The molecule has 1 unspecified atom stereocenters. The van der Waals surface area contributed by atoms with Crippen molar-refractivity contribution in [2.45, 2.75) is 50.2 Å². The molecule has 4 N–H and O–H groups in total. The Balaban J connectivity index is 1.56. The minimum absolute atomic E-state index is 0.0645. The Bertz CT molecular complexity index is 538. The quantitative estimate of drug-likeness (QED) is 0.687. The number of aliphatic hydroxyl groups is 1. The molecule has 0 spiro atoms. The first-order chi connectivity index (χ1) is 10.1. The van der Waals surface area contributed by atoms with Crippen LogP contribution in [0.4, 0.5) is 4.79 Å². The number of carbonyl (C=O) groups excluding carboxylic acids is 1. The number of fused-ring (bicyclic) bond motifs is 1. The number of benzene rings is 1. The molecule has 3 rings (SSSR count). The molecule has 0 aromatic heterocycles. The van der Waals surface area contributed by atoms with Gasteiger partial charge in [0, 0.05) is 6.54 Å². The van der Waals surface area contributed by atoms with Crippen molar-refractivity contribution in [1.29, 1.82) is 0 Å². The number of carbonyl (C=O) groups is 1. The summed E-state index contributed by atoms with van der Waals surface area (Å²) in [6.07, 6.45) is 5.13. The number of phenolic OH excluding ortho intramolecular Hbond substituents is 1. The molecule has 1 fully saturated rings. The molecule has 114 valence electrons. The lowest BCUT2D eigenvalue weighted by Crippen LogP contribution is -2.45. The van der Waals surface area contributed by atoms with Crippen molar-refractivity contribution in [2.24, 2.45) is 0 Å². The number of hydrogen-bond acceptors (Lipinski definition) is 3. The van der Waals surface area contributed by atoms with E-state index in [1.165, 1.54) is 0 Å². The molecule has 0 heterocycles. The van der Waals surface area contributed by atoms with Gasteiger partial charge in [0.1, 0.15) is 5.75 Å². The van der Waals surface area contributed by atoms with Crippen molar-refractivity contribution < 1.29 is 15.0 Å². The standard InChI is InChI=1S/C16H22N2O3/c19-14-5-3-4-11-12(14)6-7-13(11)18-15(20)17-10-16(21)8-1-2-9-16/h3-5,13,19,21H,1-2,6-10H2,(H2,17,18,20). The average molecular weight is 290 g/mol. The largest absolute Gasteiger partial charge is 0.508 e. The van der Waals surface area contributed by atoms with E-state index in [0.717, 1.165) is 49.7 Å². The number of amides is 2. The number of aromatic hydroxyl groups is 1. The summed E-state index contributed by atoms with van der Waals surface area (Å²) in [6.45, 7) is 0.304. The minimum atomic E-state index is -0.733. The van der Waals surface area contributed by atoms with E-state index in [9.17, 15) is 15.0 Å². The Kier molecular flexibility index (Phi) is 3.76. The summed E-state index contributed by atoms with van der Waals surface area (Å²) in [7, 11) is 0. The highest BCUT2D eigenvalue weighted by Gasteiger charge is 2.32. The molecule has 0 radical (unpaired) electrons. The third-order valence-electron chi connectivity index (χ3n) is 4.66. The van der Waals surface area contributed by atoms with E-state index in [0.29, 0.717) is 12.3 Å². The van der Waals surface area contributed by atoms with Gasteiger partial charge in [0.25, 0.3) is 0 Å². The lowest BCUT2D eigenvalue weighted by Gasteiger charge is -2.23. The van der Waals surface area contributed by atoms with E-state index in [4.69, 9.17) is 0 Å². The summed E-state index contributed by atoms with van der Waals surface area (Å²) >= 11 is 0. The van der Waals surface area contributed by atoms with Crippen molar-refractivity contribution in [2.75, 3.05) is 6.54 Å². The maximum absolute atomic E-state index is 12.0. The normalized spacial score (nSPS) is 22.8. The molecule has 1 aromatic rings. The molecule has 5 heteroatoms. The molecule has 2 aliphatic rings. The van der Waals surface area contributed by atoms with Gasteiger partial charge in [0.2, 0.25) is 0 Å². The van der Waals surface area contributed by atoms with Crippen molar-refractivity contribution in [3.05, 3.63) is 29.3 Å². The van der Waals surface area contributed by atoms with Crippen LogP contribution >= 0.6 is 0 Å². The maximum atomic E-state index is 12.0. The predicted octanol–water partition coefficient (Wildman–Crippen LogP) is 1.98. The summed E-state index contributed by atoms with van der Waals surface area (Å²) < 4.78 is 0. The van der Waals surface area contributed by atoms with Crippen LogP contribution in [0.15, 0.2) is 18.2 Å². The van der Waals surface area contributed by atoms with E-state index < -0.39 is 5.60 Å². The number of nitrogens with one attached hydrogen (secondary N) is 2. The van der Waals surface area contributed by atoms with Crippen LogP contribution in [0.5, 0.6) is 5.75 Å². The Labute approximate surface area is 124 Å². The monoisotopic (exact) mass is 290 g/mol. The molecular weight excluding hydrogens is 268 g/mol. The average Bonchev–Trinajstić information content (AvgIpc) is 3.06. The summed E-state index contributed by atoms with van der Waals surface area (Å²) in [4.78, 5) is 12.0. The molecule has 0 aliphatic heterocycles. The number of phenols is 1. The molecule has 0 saturated heterocycles. The van der Waals surface area contributed by atoms with Crippen molar-refractivity contribution in [3.63, 3.8) is 0 Å². The van der Waals surface area contributed by atoms with Crippen LogP contribution in [0, 0.1) is 0 Å². The van der Waals surface area contributed by atoms with Crippen molar-refractivity contribution >= 4 is 6.03 Å². The number of hydrogen-bond donors (Lipinski definition) is 4. The summed E-state index contributed by atoms with van der Waals surface area (Å²) in [6, 6.07) is 5.10. The Hall–Kier alpha value is -1.75. The summed E-state index contributed by atoms with van der Waals surface area (Å²) in [5, 5.41) is 25.7. The van der Waals surface area contributed by atoms with Crippen LogP contribution in [0.2, 0.25) is 0 Å². The van der Waals surface area contributed by atoms with Gasteiger partial charge in [-0.15, -0.1) is 0 Å². The third-order valence-corrected chi connectivity index (χ3v) is 4.66. The van der Waals surface area contributed by atoms with Gasteiger partial charge >= 0.3 is 6.03 Å². The van der Waals surface area contributed by atoms with Crippen LogP contribution in [-0.2, 0) is 6.42 Å². The fourth-order valence-corrected chi connectivity index (χ4v) is 3.45. The first kappa shape index (κ1) is 14.2. The van der Waals surface area contributed by atoms with E-state index in [1.54, 1.807) is 12.1 Å². The fourth-order valence-electron chi connectivity index (χ4n) is 3.45. The molecule has 1 saturated carbocycles. The van der Waals surface area contributed by atoms with Gasteiger partial charge in [-0.3, -0.25) is 0 Å². The summed E-state index contributed by atoms with van der Waals surface area (Å²) in [5.74, 6) is 0.303. The van der Waals surface area contributed by atoms with Crippen LogP contribution in [-0.4, -0.2) is 28.4 Å². The zero-order chi connectivity index (χ0) is 14.9. The van der Waals surface area contributed by atoms with Gasteiger partial charge in [0.15, 0.2) is 0 Å². The molecule has 2 amide bonds. The van der Waals surface area contributed by atoms with Gasteiger partial charge in [-0.1, -0.05) is 25.0 Å². The van der Waals surface area contributed by atoms with Crippen LogP contribution in [0.25, 0.3) is 0 Å². The molecule has 1 aromatic carbocycles. The second kappa shape index (κ2) is 5.56. The van der Waals surface area contributed by atoms with Gasteiger partial charge in [-0.2, -0.15) is 0 Å². The Morgan fingerprint density at radius 3 is 2.86 bits per heavy atom. The zero-order valence-corrected chi connectivity index (χ0v) is 12.1. The van der Waals surface area contributed by atoms with Crippen molar-refractivity contribution in [3.8, 4) is 5.75 Å². The topological polar surface area (TPSA) is 81.6 Å². The van der Waals surface area contributed by atoms with Crippen LogP contribution in [0.3, 0.4) is 0 Å². The summed E-state index contributed by atoms with van der Waals surface area (Å²) in [5.41, 5.74) is 1.19. The Morgan fingerprint density at radius 2 is 2.10 bits per heavy atom. The van der Waals surface area contributed by atoms with Crippen LogP contribution < -0.4 is 10.6 Å². The lowest BCUT2D eigenvalue weighted by atomic mass is 10.0. The van der Waals surface area contributed by atoms with E-state index in [-0.39, 0.29) is 12.1 Å². The third kappa shape index (κ3) is 2.97. The highest BCUT2D eigenvalue weighted by atomic mass is 16.3. The smallest absolute Gasteiger partial charge is 0.315 e. The molecule has 1 atom stereocenters. The molecule has 2 aliphatic carbocycles. The highest BCUT2D eigenvalue weighted by Crippen LogP contribution is 2.36. The highest BCUT2D eigenvalue weighted by molar-refractivity contribution is 5.74. The second-order valence-corrected chi connectivity index (χ2v) is 6.19. The van der Waals surface area contributed by atoms with Crippen molar-refractivity contribution in [1.82, 2.24) is 10.6 Å². The first-order valence-electron chi connectivity index (χ1n) is 7.65. The van der Waals surface area contributed by atoms with Crippen LogP contribution in [0.1, 0.15) is 49.3 Å². The minimum Gasteiger partial charge on any atom is -0.508 e.